The number of aromatic nitrogens is 1. The van der Waals surface area contributed by atoms with Crippen LogP contribution in [0.25, 0.3) is 0 Å². The molecular formula is C36H39F6N3O6. The average molecular weight is 724 g/mol. The molecule has 1 aliphatic rings. The molecule has 1 atom stereocenters. The lowest BCUT2D eigenvalue weighted by molar-refractivity contribution is -0.376. The molecule has 15 heteroatoms. The number of halogens is 6. The van der Waals surface area contributed by atoms with Crippen molar-refractivity contribution in [1.82, 2.24) is 15.2 Å². The number of carbonyl (C=O) groups excluding carboxylic acids is 3. The van der Waals surface area contributed by atoms with E-state index in [0.29, 0.717) is 36.3 Å². The summed E-state index contributed by atoms with van der Waals surface area (Å²) in [5, 5.41) is 12.7. The zero-order valence-electron chi connectivity index (χ0n) is 28.9. The normalized spacial score (nSPS) is 16.9. The molecule has 2 heterocycles. The highest BCUT2D eigenvalue weighted by Crippen LogP contribution is 2.51. The lowest BCUT2D eigenvalue weighted by atomic mass is 9.87. The molecule has 276 valence electrons. The number of hydrogen-bond acceptors (Lipinski definition) is 7. The molecule has 0 aliphatic carbocycles. The monoisotopic (exact) mass is 723 g/mol. The number of aliphatic hydroxyl groups is 1. The lowest BCUT2D eigenvalue weighted by Crippen LogP contribution is -2.54. The summed E-state index contributed by atoms with van der Waals surface area (Å²) in [5.74, 6) is -0.626. The molecule has 9 nitrogen and oxygen atoms in total. The molecule has 1 saturated heterocycles. The van der Waals surface area contributed by atoms with Crippen molar-refractivity contribution in [2.45, 2.75) is 96.8 Å². The third kappa shape index (κ3) is 7.67. The van der Waals surface area contributed by atoms with Crippen LogP contribution in [-0.2, 0) is 28.8 Å². The highest BCUT2D eigenvalue weighted by molar-refractivity contribution is 6.11. The standard InChI is InChI=1S/C36H39F6N3O6/c1-7-9-22-16-24(34(49,35(37,38)39)36(40,41)42)17-23(10-8-2)30(22)51-25-11-13-27(21(5)15-25)28(46)19-45-31(47)33(6,44-32(45)48)29-14-12-26(18-43-29)50-20(3)4/h11-18,20,49H,7-10,19H2,1-6H3,(H,44,48). The SMILES string of the molecule is CCCc1cc(C(O)(C(F)(F)F)C(F)(F)F)cc(CCC)c1Oc1ccc(C(=O)CN2C(=O)NC(C)(c3ccc(OC(C)C)cn3)C2=O)c(C)c1. The first-order valence-corrected chi connectivity index (χ1v) is 16.3. The summed E-state index contributed by atoms with van der Waals surface area (Å²) < 4.78 is 94.3. The number of pyridine rings is 1. The first-order chi connectivity index (χ1) is 23.7. The summed E-state index contributed by atoms with van der Waals surface area (Å²) in [4.78, 5) is 44.8. The molecule has 2 N–H and O–H groups in total. The van der Waals surface area contributed by atoms with Crippen molar-refractivity contribution in [2.75, 3.05) is 6.54 Å². The van der Waals surface area contributed by atoms with Crippen LogP contribution < -0.4 is 14.8 Å². The van der Waals surface area contributed by atoms with Crippen LogP contribution in [0.5, 0.6) is 17.2 Å². The minimum absolute atomic E-state index is 0.0290. The van der Waals surface area contributed by atoms with E-state index >= 15 is 0 Å². The van der Waals surface area contributed by atoms with Gasteiger partial charge in [0.15, 0.2) is 11.3 Å². The maximum absolute atomic E-state index is 13.8. The Bertz CT molecular complexity index is 1750. The molecule has 1 aromatic heterocycles. The molecule has 0 radical (unpaired) electrons. The fourth-order valence-electron chi connectivity index (χ4n) is 5.88. The van der Waals surface area contributed by atoms with Gasteiger partial charge in [-0.3, -0.25) is 19.5 Å². The van der Waals surface area contributed by atoms with E-state index in [0.717, 1.165) is 4.90 Å². The van der Waals surface area contributed by atoms with Crippen molar-refractivity contribution in [3.05, 3.63) is 82.2 Å². The minimum Gasteiger partial charge on any atom is -0.489 e. The molecule has 2 aromatic carbocycles. The zero-order valence-corrected chi connectivity index (χ0v) is 28.9. The molecule has 3 aromatic rings. The Hall–Kier alpha value is -4.66. The number of aryl methyl sites for hydroxylation is 3. The molecule has 1 fully saturated rings. The predicted molar refractivity (Wildman–Crippen MR) is 174 cm³/mol. The molecule has 3 amide bonds. The highest BCUT2D eigenvalue weighted by atomic mass is 19.4. The average Bonchev–Trinajstić information content (AvgIpc) is 3.24. The van der Waals surface area contributed by atoms with Gasteiger partial charge in [-0.15, -0.1) is 0 Å². The number of rotatable bonds is 13. The van der Waals surface area contributed by atoms with E-state index in [1.165, 1.54) is 31.3 Å². The van der Waals surface area contributed by atoms with Gasteiger partial charge in [0.2, 0.25) is 0 Å². The van der Waals surface area contributed by atoms with Crippen molar-refractivity contribution < 1.29 is 55.3 Å². The molecular weight excluding hydrogens is 684 g/mol. The van der Waals surface area contributed by atoms with Crippen LogP contribution in [0.1, 0.15) is 85.8 Å². The second-order valence-corrected chi connectivity index (χ2v) is 12.8. The number of imide groups is 1. The first-order valence-electron chi connectivity index (χ1n) is 16.3. The summed E-state index contributed by atoms with van der Waals surface area (Å²) in [6.45, 7) is 9.49. The number of hydrogen-bond donors (Lipinski definition) is 2. The van der Waals surface area contributed by atoms with E-state index in [-0.39, 0.29) is 52.8 Å². The Labute approximate surface area is 291 Å². The summed E-state index contributed by atoms with van der Waals surface area (Å²) >= 11 is 0. The number of nitrogens with zero attached hydrogens (tertiary/aromatic N) is 2. The number of Topliss-reactive ketones (excluding diaryl/α,β-unsaturated/α-hetero) is 1. The van der Waals surface area contributed by atoms with Gasteiger partial charge in [0.05, 0.1) is 24.5 Å². The van der Waals surface area contributed by atoms with Gasteiger partial charge in [-0.1, -0.05) is 26.7 Å². The van der Waals surface area contributed by atoms with Crippen LogP contribution >= 0.6 is 0 Å². The Kier molecular flexibility index (Phi) is 11.1. The number of urea groups is 1. The van der Waals surface area contributed by atoms with Crippen LogP contribution in [0.4, 0.5) is 31.1 Å². The van der Waals surface area contributed by atoms with E-state index in [4.69, 9.17) is 9.47 Å². The van der Waals surface area contributed by atoms with Crippen molar-refractivity contribution >= 4 is 17.7 Å². The van der Waals surface area contributed by atoms with E-state index < -0.39 is 53.3 Å². The smallest absolute Gasteiger partial charge is 0.430 e. The summed E-state index contributed by atoms with van der Waals surface area (Å²) in [7, 11) is 0. The van der Waals surface area contributed by atoms with Gasteiger partial charge in [0.1, 0.15) is 17.2 Å². The van der Waals surface area contributed by atoms with Gasteiger partial charge in [0.25, 0.3) is 11.5 Å². The van der Waals surface area contributed by atoms with Gasteiger partial charge in [-0.25, -0.2) is 4.79 Å². The van der Waals surface area contributed by atoms with Gasteiger partial charge < -0.3 is 19.9 Å². The minimum atomic E-state index is -6.05. The predicted octanol–water partition coefficient (Wildman–Crippen LogP) is 7.84. The van der Waals surface area contributed by atoms with Crippen molar-refractivity contribution in [3.8, 4) is 17.2 Å². The molecule has 0 saturated carbocycles. The van der Waals surface area contributed by atoms with Crippen LogP contribution in [0.3, 0.4) is 0 Å². The van der Waals surface area contributed by atoms with Crippen molar-refractivity contribution in [3.63, 3.8) is 0 Å². The molecule has 1 unspecified atom stereocenters. The summed E-state index contributed by atoms with van der Waals surface area (Å²) in [6, 6.07) is 7.93. The number of carbonyl (C=O) groups is 3. The number of benzene rings is 2. The second-order valence-electron chi connectivity index (χ2n) is 12.8. The largest absolute Gasteiger partial charge is 0.489 e. The molecule has 4 rings (SSSR count). The van der Waals surface area contributed by atoms with Crippen LogP contribution in [-0.4, -0.2) is 57.7 Å². The van der Waals surface area contributed by atoms with Gasteiger partial charge >= 0.3 is 18.4 Å². The van der Waals surface area contributed by atoms with Crippen molar-refractivity contribution in [2.24, 2.45) is 0 Å². The lowest BCUT2D eigenvalue weighted by Gasteiger charge is -2.33. The van der Waals surface area contributed by atoms with Gasteiger partial charge in [0, 0.05) is 11.1 Å². The van der Waals surface area contributed by atoms with Gasteiger partial charge in [-0.05, 0) is 99.7 Å². The van der Waals surface area contributed by atoms with Crippen LogP contribution in [0.2, 0.25) is 0 Å². The fourth-order valence-corrected chi connectivity index (χ4v) is 5.88. The first kappa shape index (κ1) is 39.1. The maximum atomic E-state index is 13.8. The van der Waals surface area contributed by atoms with Crippen LogP contribution in [0.15, 0.2) is 48.7 Å². The Morgan fingerprint density at radius 1 is 0.941 bits per heavy atom. The molecule has 1 aliphatic heterocycles. The van der Waals surface area contributed by atoms with E-state index in [1.807, 2.05) is 13.8 Å². The number of amides is 3. The third-order valence-electron chi connectivity index (χ3n) is 8.44. The summed E-state index contributed by atoms with van der Waals surface area (Å²) in [6.07, 6.45) is -10.0. The molecule has 0 bridgehead atoms. The van der Waals surface area contributed by atoms with Crippen molar-refractivity contribution in [1.29, 1.82) is 0 Å². The van der Waals surface area contributed by atoms with E-state index in [9.17, 15) is 45.8 Å². The fraction of sp³-hybridized carbons (Fsp3) is 0.444. The quantitative estimate of drug-likeness (QED) is 0.105. The van der Waals surface area contributed by atoms with E-state index in [1.54, 1.807) is 32.9 Å². The molecule has 0 spiro atoms. The highest BCUT2D eigenvalue weighted by Gasteiger charge is 2.71. The Morgan fingerprint density at radius 2 is 1.51 bits per heavy atom. The van der Waals surface area contributed by atoms with E-state index in [2.05, 4.69) is 10.3 Å². The Balaban J connectivity index is 1.60. The maximum Gasteiger partial charge on any atom is 0.430 e. The number of alkyl halides is 6. The second kappa shape index (κ2) is 14.5. The molecule has 51 heavy (non-hydrogen) atoms. The zero-order chi connectivity index (χ0) is 38.1. The van der Waals surface area contributed by atoms with Crippen LogP contribution in [0, 0.1) is 6.92 Å². The third-order valence-corrected chi connectivity index (χ3v) is 8.44. The summed E-state index contributed by atoms with van der Waals surface area (Å²) in [5.41, 5.74) is -7.20. The number of ether oxygens (including phenoxy) is 2. The van der Waals surface area contributed by atoms with Gasteiger partial charge in [-0.2, -0.15) is 26.3 Å². The number of nitrogens with one attached hydrogen (secondary N) is 1. The number of ketones is 1. The topological polar surface area (TPSA) is 118 Å². The Morgan fingerprint density at radius 3 is 1.98 bits per heavy atom.